The van der Waals surface area contributed by atoms with E-state index in [1.807, 2.05) is 0 Å². The second-order valence-electron chi connectivity index (χ2n) is 6.84. The topological polar surface area (TPSA) is 58.2 Å². The zero-order chi connectivity index (χ0) is 15.1. The summed E-state index contributed by atoms with van der Waals surface area (Å²) in [4.78, 5) is 24.2. The van der Waals surface area contributed by atoms with Crippen molar-refractivity contribution < 1.29 is 9.59 Å². The van der Waals surface area contributed by atoms with Gasteiger partial charge in [0.1, 0.15) is 0 Å². The van der Waals surface area contributed by atoms with Crippen LogP contribution in [0.4, 0.5) is 0 Å². The first-order valence-corrected chi connectivity index (χ1v) is 7.95. The highest BCUT2D eigenvalue weighted by Gasteiger charge is 2.30. The van der Waals surface area contributed by atoms with Gasteiger partial charge in [-0.15, -0.1) is 0 Å². The predicted molar refractivity (Wildman–Crippen MR) is 81.1 cm³/mol. The van der Waals surface area contributed by atoms with E-state index in [1.165, 1.54) is 0 Å². The molecular weight excluding hydrogens is 252 g/mol. The highest BCUT2D eigenvalue weighted by molar-refractivity contribution is 5.82. The molecule has 4 nitrogen and oxygen atoms in total. The van der Waals surface area contributed by atoms with Crippen LogP contribution >= 0.6 is 0 Å². The zero-order valence-electron chi connectivity index (χ0n) is 13.4. The van der Waals surface area contributed by atoms with Crippen molar-refractivity contribution in [3.63, 3.8) is 0 Å². The standard InChI is InChI=1S/C16H30N2O2/c1-11(2)9-17-15(19)13-6-5-7-14(8-13)16(20)18-10-12(3)4/h11-14H,5-10H2,1-4H3,(H,17,19)(H,18,20)/t13-,14-/m1/s1. The van der Waals surface area contributed by atoms with Crippen molar-refractivity contribution in [2.75, 3.05) is 13.1 Å². The van der Waals surface area contributed by atoms with Crippen LogP contribution in [0.3, 0.4) is 0 Å². The van der Waals surface area contributed by atoms with Gasteiger partial charge in [-0.2, -0.15) is 0 Å². The summed E-state index contributed by atoms with van der Waals surface area (Å²) in [5.74, 6) is 1.20. The summed E-state index contributed by atoms with van der Waals surface area (Å²) in [5.41, 5.74) is 0. The third kappa shape index (κ3) is 5.93. The van der Waals surface area contributed by atoms with Crippen molar-refractivity contribution in [2.24, 2.45) is 23.7 Å². The molecule has 2 amide bonds. The van der Waals surface area contributed by atoms with Gasteiger partial charge in [-0.3, -0.25) is 9.59 Å². The molecule has 1 rings (SSSR count). The summed E-state index contributed by atoms with van der Waals surface area (Å²) in [6.07, 6.45) is 3.50. The van der Waals surface area contributed by atoms with Crippen molar-refractivity contribution in [1.82, 2.24) is 10.6 Å². The number of hydrogen-bond acceptors (Lipinski definition) is 2. The Morgan fingerprint density at radius 3 is 1.65 bits per heavy atom. The summed E-state index contributed by atoms with van der Waals surface area (Å²) in [6, 6.07) is 0. The summed E-state index contributed by atoms with van der Waals surface area (Å²) in [6.45, 7) is 9.79. The molecule has 2 atom stereocenters. The Bertz CT molecular complexity index is 296. The van der Waals surface area contributed by atoms with Gasteiger partial charge in [0, 0.05) is 24.9 Å². The first kappa shape index (κ1) is 17.0. The van der Waals surface area contributed by atoms with Gasteiger partial charge < -0.3 is 10.6 Å². The van der Waals surface area contributed by atoms with E-state index in [2.05, 4.69) is 38.3 Å². The van der Waals surface area contributed by atoms with E-state index in [-0.39, 0.29) is 23.7 Å². The van der Waals surface area contributed by atoms with Gasteiger partial charge in [0.05, 0.1) is 0 Å². The predicted octanol–water partition coefficient (Wildman–Crippen LogP) is 2.34. The fourth-order valence-corrected chi connectivity index (χ4v) is 2.56. The number of carbonyl (C=O) groups excluding carboxylic acids is 2. The number of amides is 2. The molecule has 1 saturated carbocycles. The molecule has 1 aliphatic rings. The van der Waals surface area contributed by atoms with Crippen molar-refractivity contribution in [3.05, 3.63) is 0 Å². The fourth-order valence-electron chi connectivity index (χ4n) is 2.56. The summed E-state index contributed by atoms with van der Waals surface area (Å²) < 4.78 is 0. The van der Waals surface area contributed by atoms with E-state index in [1.54, 1.807) is 0 Å². The van der Waals surface area contributed by atoms with Gasteiger partial charge in [-0.1, -0.05) is 34.1 Å². The summed E-state index contributed by atoms with van der Waals surface area (Å²) in [7, 11) is 0. The maximum Gasteiger partial charge on any atom is 0.223 e. The fraction of sp³-hybridized carbons (Fsp3) is 0.875. The smallest absolute Gasteiger partial charge is 0.223 e. The third-order valence-corrected chi connectivity index (χ3v) is 3.78. The van der Waals surface area contributed by atoms with Gasteiger partial charge in [0.2, 0.25) is 11.8 Å². The highest BCUT2D eigenvalue weighted by Crippen LogP contribution is 2.29. The molecule has 1 aliphatic carbocycles. The normalized spacial score (nSPS) is 22.9. The molecule has 0 aromatic heterocycles. The minimum Gasteiger partial charge on any atom is -0.356 e. The molecule has 0 aromatic carbocycles. The van der Waals surface area contributed by atoms with Crippen LogP contribution in [0.1, 0.15) is 53.4 Å². The number of carbonyl (C=O) groups is 2. The molecule has 1 fully saturated rings. The molecule has 0 bridgehead atoms. The summed E-state index contributed by atoms with van der Waals surface area (Å²) >= 11 is 0. The molecule has 0 saturated heterocycles. The Labute approximate surface area is 123 Å². The maximum absolute atomic E-state index is 12.1. The SMILES string of the molecule is CC(C)CNC(=O)[C@@H]1CCC[C@@H](C(=O)NCC(C)C)C1. The van der Waals surface area contributed by atoms with Crippen LogP contribution in [0.25, 0.3) is 0 Å². The molecule has 20 heavy (non-hydrogen) atoms. The van der Waals surface area contributed by atoms with Crippen LogP contribution in [0.2, 0.25) is 0 Å². The highest BCUT2D eigenvalue weighted by atomic mass is 16.2. The van der Waals surface area contributed by atoms with Gasteiger partial charge in [0.15, 0.2) is 0 Å². The molecule has 0 radical (unpaired) electrons. The molecule has 0 spiro atoms. The Morgan fingerprint density at radius 2 is 1.30 bits per heavy atom. The van der Waals surface area contributed by atoms with Crippen LogP contribution in [0.15, 0.2) is 0 Å². The van der Waals surface area contributed by atoms with E-state index < -0.39 is 0 Å². The van der Waals surface area contributed by atoms with Crippen LogP contribution in [0.5, 0.6) is 0 Å². The van der Waals surface area contributed by atoms with Gasteiger partial charge in [0.25, 0.3) is 0 Å². The minimum atomic E-state index is 0.0114. The molecule has 116 valence electrons. The van der Waals surface area contributed by atoms with Crippen molar-refractivity contribution in [3.8, 4) is 0 Å². The third-order valence-electron chi connectivity index (χ3n) is 3.78. The molecule has 0 aromatic rings. The lowest BCUT2D eigenvalue weighted by Gasteiger charge is -2.28. The molecular formula is C16H30N2O2. The van der Waals surface area contributed by atoms with Crippen molar-refractivity contribution >= 4 is 11.8 Å². The number of hydrogen-bond donors (Lipinski definition) is 2. The van der Waals surface area contributed by atoms with Crippen molar-refractivity contribution in [2.45, 2.75) is 53.4 Å². The molecule has 0 unspecified atom stereocenters. The quantitative estimate of drug-likeness (QED) is 0.785. The number of nitrogens with one attached hydrogen (secondary N) is 2. The van der Waals surface area contributed by atoms with Gasteiger partial charge in [-0.25, -0.2) is 0 Å². The monoisotopic (exact) mass is 282 g/mol. The lowest BCUT2D eigenvalue weighted by molar-refractivity contribution is -0.130. The average Bonchev–Trinajstić information content (AvgIpc) is 2.42. The zero-order valence-corrected chi connectivity index (χ0v) is 13.4. The van der Waals surface area contributed by atoms with E-state index in [4.69, 9.17) is 0 Å². The van der Waals surface area contributed by atoms with Crippen LogP contribution in [-0.2, 0) is 9.59 Å². The van der Waals surface area contributed by atoms with Crippen LogP contribution in [0, 0.1) is 23.7 Å². The number of rotatable bonds is 6. The van der Waals surface area contributed by atoms with Crippen LogP contribution in [-0.4, -0.2) is 24.9 Å². The van der Waals surface area contributed by atoms with E-state index in [0.29, 0.717) is 18.3 Å². The second-order valence-corrected chi connectivity index (χ2v) is 6.84. The molecule has 2 N–H and O–H groups in total. The van der Waals surface area contributed by atoms with E-state index >= 15 is 0 Å². The first-order chi connectivity index (χ1) is 9.40. The molecule has 0 heterocycles. The second kappa shape index (κ2) is 8.28. The van der Waals surface area contributed by atoms with Gasteiger partial charge >= 0.3 is 0 Å². The van der Waals surface area contributed by atoms with Crippen LogP contribution < -0.4 is 10.6 Å². The van der Waals surface area contributed by atoms with Crippen molar-refractivity contribution in [1.29, 1.82) is 0 Å². The Hall–Kier alpha value is -1.06. The Morgan fingerprint density at radius 1 is 0.900 bits per heavy atom. The molecule has 0 aliphatic heterocycles. The molecule has 4 heteroatoms. The largest absolute Gasteiger partial charge is 0.356 e. The first-order valence-electron chi connectivity index (χ1n) is 7.95. The lowest BCUT2D eigenvalue weighted by Crippen LogP contribution is -2.40. The Kier molecular flexibility index (Phi) is 7.03. The minimum absolute atomic E-state index is 0.0114. The van der Waals surface area contributed by atoms with E-state index in [9.17, 15) is 9.59 Å². The van der Waals surface area contributed by atoms with E-state index in [0.717, 1.165) is 32.4 Å². The maximum atomic E-state index is 12.1. The lowest BCUT2D eigenvalue weighted by atomic mass is 9.80. The average molecular weight is 282 g/mol. The summed E-state index contributed by atoms with van der Waals surface area (Å²) in [5, 5.41) is 5.98. The Balaban J connectivity index is 2.41. The van der Waals surface area contributed by atoms with Gasteiger partial charge in [-0.05, 0) is 31.1 Å².